The fourth-order valence-corrected chi connectivity index (χ4v) is 2.31. The third kappa shape index (κ3) is 2.66. The van der Waals surface area contributed by atoms with Gasteiger partial charge in [-0.25, -0.2) is 0 Å². The molecule has 0 bridgehead atoms. The van der Waals surface area contributed by atoms with Gasteiger partial charge in [0.15, 0.2) is 0 Å². The fourth-order valence-electron chi connectivity index (χ4n) is 2.31. The van der Waals surface area contributed by atoms with Gasteiger partial charge in [-0.1, -0.05) is 39.3 Å². The molecule has 0 amide bonds. The molecular formula is C12H22. The van der Waals surface area contributed by atoms with Gasteiger partial charge in [0.1, 0.15) is 0 Å². The molecule has 0 nitrogen and oxygen atoms in total. The Hall–Kier alpha value is -0.260. The van der Waals surface area contributed by atoms with Crippen molar-refractivity contribution >= 4 is 0 Å². The Morgan fingerprint density at radius 2 is 2.00 bits per heavy atom. The molecule has 1 fully saturated rings. The van der Waals surface area contributed by atoms with Crippen molar-refractivity contribution in [3.63, 3.8) is 0 Å². The first-order valence-electron chi connectivity index (χ1n) is 5.40. The molecular weight excluding hydrogens is 144 g/mol. The van der Waals surface area contributed by atoms with Crippen molar-refractivity contribution in [2.45, 2.75) is 46.5 Å². The molecule has 1 aliphatic rings. The van der Waals surface area contributed by atoms with E-state index in [-0.39, 0.29) is 0 Å². The summed E-state index contributed by atoms with van der Waals surface area (Å²) in [7, 11) is 0. The average molecular weight is 166 g/mol. The Kier molecular flexibility index (Phi) is 3.84. The Morgan fingerprint density at radius 1 is 1.25 bits per heavy atom. The first-order valence-corrected chi connectivity index (χ1v) is 5.40. The second kappa shape index (κ2) is 4.69. The molecule has 12 heavy (non-hydrogen) atoms. The number of hydrogen-bond acceptors (Lipinski definition) is 0. The second-order valence-corrected chi connectivity index (χ2v) is 4.43. The van der Waals surface area contributed by atoms with Crippen molar-refractivity contribution in [2.24, 2.45) is 17.8 Å². The molecule has 0 spiro atoms. The highest BCUT2D eigenvalue weighted by Crippen LogP contribution is 2.36. The molecule has 0 N–H and O–H groups in total. The van der Waals surface area contributed by atoms with Crippen LogP contribution in [-0.4, -0.2) is 0 Å². The summed E-state index contributed by atoms with van der Waals surface area (Å²) in [4.78, 5) is 0. The first-order chi connectivity index (χ1) is 5.74. The molecule has 3 atom stereocenters. The van der Waals surface area contributed by atoms with Crippen LogP contribution in [0.2, 0.25) is 0 Å². The quantitative estimate of drug-likeness (QED) is 0.555. The first kappa shape index (κ1) is 9.83. The maximum Gasteiger partial charge on any atom is -0.0205 e. The van der Waals surface area contributed by atoms with E-state index in [1.54, 1.807) is 0 Å². The summed E-state index contributed by atoms with van der Waals surface area (Å²) in [6.45, 7) is 7.01. The summed E-state index contributed by atoms with van der Waals surface area (Å²) < 4.78 is 0. The van der Waals surface area contributed by atoms with Crippen molar-refractivity contribution in [2.75, 3.05) is 0 Å². The van der Waals surface area contributed by atoms with Crippen LogP contribution in [0.5, 0.6) is 0 Å². The Labute approximate surface area is 77.1 Å². The van der Waals surface area contributed by atoms with Gasteiger partial charge in [0.25, 0.3) is 0 Å². The fraction of sp³-hybridized carbons (Fsp3) is 0.833. The summed E-state index contributed by atoms with van der Waals surface area (Å²) in [5.41, 5.74) is 0. The molecule has 0 aliphatic heterocycles. The van der Waals surface area contributed by atoms with Crippen LogP contribution in [0.1, 0.15) is 46.5 Å². The minimum atomic E-state index is 0.881. The van der Waals surface area contributed by atoms with Crippen molar-refractivity contribution in [1.29, 1.82) is 0 Å². The van der Waals surface area contributed by atoms with Gasteiger partial charge in [-0.3, -0.25) is 0 Å². The normalized spacial score (nSPS) is 36.4. The average Bonchev–Trinajstić information content (AvgIpc) is 2.31. The summed E-state index contributed by atoms with van der Waals surface area (Å²) in [5.74, 6) is 2.76. The van der Waals surface area contributed by atoms with Gasteiger partial charge in [0.05, 0.1) is 0 Å². The lowest BCUT2D eigenvalue weighted by molar-refractivity contribution is 0.501. The smallest absolute Gasteiger partial charge is 0.0205 e. The molecule has 0 heteroatoms. The van der Waals surface area contributed by atoms with Crippen LogP contribution in [0.25, 0.3) is 0 Å². The molecule has 0 heterocycles. The highest BCUT2D eigenvalue weighted by Gasteiger charge is 2.26. The number of hydrogen-bond donors (Lipinski definition) is 0. The molecule has 1 saturated carbocycles. The Morgan fingerprint density at radius 3 is 2.50 bits per heavy atom. The minimum Gasteiger partial charge on any atom is -0.0883 e. The van der Waals surface area contributed by atoms with Gasteiger partial charge in [-0.05, 0) is 37.0 Å². The largest absolute Gasteiger partial charge is 0.0883 e. The monoisotopic (exact) mass is 166 g/mol. The summed E-state index contributed by atoms with van der Waals surface area (Å²) in [5, 5.41) is 0. The standard InChI is InChI=1S/C12H22/c1-4-5-6-7-12-9-10(2)8-11(12)3/h6-7,10-12H,4-5,8-9H2,1-3H3/b7-6+/t10-,11+,12?/m0/s1. The molecule has 0 aromatic heterocycles. The van der Waals surface area contributed by atoms with E-state index in [1.165, 1.54) is 25.7 Å². The third-order valence-electron chi connectivity index (χ3n) is 3.02. The molecule has 1 rings (SSSR count). The third-order valence-corrected chi connectivity index (χ3v) is 3.02. The maximum atomic E-state index is 2.46. The van der Waals surface area contributed by atoms with E-state index in [2.05, 4.69) is 32.9 Å². The molecule has 0 aromatic rings. The van der Waals surface area contributed by atoms with E-state index >= 15 is 0 Å². The second-order valence-electron chi connectivity index (χ2n) is 4.43. The molecule has 0 aromatic carbocycles. The van der Waals surface area contributed by atoms with Crippen LogP contribution in [0.4, 0.5) is 0 Å². The van der Waals surface area contributed by atoms with Gasteiger partial charge in [0, 0.05) is 0 Å². The highest BCUT2D eigenvalue weighted by molar-refractivity contribution is 4.95. The highest BCUT2D eigenvalue weighted by atomic mass is 14.3. The van der Waals surface area contributed by atoms with Gasteiger partial charge in [0.2, 0.25) is 0 Å². The summed E-state index contributed by atoms with van der Waals surface area (Å²) in [6, 6.07) is 0. The van der Waals surface area contributed by atoms with Crippen LogP contribution in [0, 0.1) is 17.8 Å². The molecule has 70 valence electrons. The van der Waals surface area contributed by atoms with E-state index in [0.29, 0.717) is 0 Å². The Bertz CT molecular complexity index is 146. The zero-order valence-electron chi connectivity index (χ0n) is 8.72. The van der Waals surface area contributed by atoms with Crippen LogP contribution >= 0.6 is 0 Å². The zero-order chi connectivity index (χ0) is 8.97. The van der Waals surface area contributed by atoms with E-state index in [4.69, 9.17) is 0 Å². The predicted octanol–water partition coefficient (Wildman–Crippen LogP) is 4.02. The number of unbranched alkanes of at least 4 members (excludes halogenated alkanes) is 1. The SMILES string of the molecule is CCC/C=C/C1C[C@@H](C)C[C@H]1C. The molecule has 0 saturated heterocycles. The van der Waals surface area contributed by atoms with E-state index in [0.717, 1.165) is 17.8 Å². The lowest BCUT2D eigenvalue weighted by Crippen LogP contribution is -1.98. The van der Waals surface area contributed by atoms with Gasteiger partial charge in [-0.2, -0.15) is 0 Å². The van der Waals surface area contributed by atoms with Crippen molar-refractivity contribution in [3.05, 3.63) is 12.2 Å². The van der Waals surface area contributed by atoms with Gasteiger partial charge in [-0.15, -0.1) is 0 Å². The van der Waals surface area contributed by atoms with Crippen LogP contribution in [0.15, 0.2) is 12.2 Å². The van der Waals surface area contributed by atoms with E-state index in [9.17, 15) is 0 Å². The maximum absolute atomic E-state index is 2.46. The zero-order valence-corrected chi connectivity index (χ0v) is 8.72. The van der Waals surface area contributed by atoms with Crippen molar-refractivity contribution in [1.82, 2.24) is 0 Å². The van der Waals surface area contributed by atoms with Crippen LogP contribution < -0.4 is 0 Å². The molecule has 1 aliphatic carbocycles. The van der Waals surface area contributed by atoms with Crippen molar-refractivity contribution < 1.29 is 0 Å². The lowest BCUT2D eigenvalue weighted by atomic mass is 9.97. The molecule has 1 unspecified atom stereocenters. The van der Waals surface area contributed by atoms with E-state index in [1.807, 2.05) is 0 Å². The number of allylic oxidation sites excluding steroid dienone is 2. The summed E-state index contributed by atoms with van der Waals surface area (Å²) in [6.07, 6.45) is 10.2. The molecule has 0 radical (unpaired) electrons. The van der Waals surface area contributed by atoms with Crippen LogP contribution in [0.3, 0.4) is 0 Å². The minimum absolute atomic E-state index is 0.881. The van der Waals surface area contributed by atoms with E-state index < -0.39 is 0 Å². The van der Waals surface area contributed by atoms with Crippen molar-refractivity contribution in [3.8, 4) is 0 Å². The Balaban J connectivity index is 2.32. The number of rotatable bonds is 3. The van der Waals surface area contributed by atoms with Gasteiger partial charge >= 0.3 is 0 Å². The topological polar surface area (TPSA) is 0 Å². The van der Waals surface area contributed by atoms with Gasteiger partial charge < -0.3 is 0 Å². The predicted molar refractivity (Wildman–Crippen MR) is 55.1 cm³/mol. The van der Waals surface area contributed by atoms with Crippen LogP contribution in [-0.2, 0) is 0 Å². The lowest BCUT2D eigenvalue weighted by Gasteiger charge is -2.08. The summed E-state index contributed by atoms with van der Waals surface area (Å²) >= 11 is 0.